The molecule has 2 aromatic carbocycles. The van der Waals surface area contributed by atoms with Crippen LogP contribution in [0, 0.1) is 6.92 Å². The minimum Gasteiger partial charge on any atom is -0.453 e. The second kappa shape index (κ2) is 7.14. The second-order valence-corrected chi connectivity index (χ2v) is 8.40. The summed E-state index contributed by atoms with van der Waals surface area (Å²) in [7, 11) is 0. The van der Waals surface area contributed by atoms with Crippen molar-refractivity contribution in [2.75, 3.05) is 16.8 Å². The zero-order chi connectivity index (χ0) is 19.9. The number of amides is 2. The third-order valence-corrected chi connectivity index (χ3v) is 6.65. The fourth-order valence-electron chi connectivity index (χ4n) is 3.38. The maximum atomic E-state index is 12.9. The van der Waals surface area contributed by atoms with Gasteiger partial charge in [-0.3, -0.25) is 14.5 Å². The number of carbonyl (C=O) groups is 3. The van der Waals surface area contributed by atoms with Crippen molar-refractivity contribution in [2.24, 2.45) is 0 Å². The van der Waals surface area contributed by atoms with E-state index in [0.717, 1.165) is 10.5 Å². The molecule has 144 valence electrons. The number of hydrogen-bond donors (Lipinski definition) is 1. The van der Waals surface area contributed by atoms with E-state index in [-0.39, 0.29) is 12.3 Å². The summed E-state index contributed by atoms with van der Waals surface area (Å²) in [5.74, 6) is -1.18. The van der Waals surface area contributed by atoms with Crippen molar-refractivity contribution in [2.45, 2.75) is 29.5 Å². The average molecular weight is 417 g/mol. The molecule has 1 atom stereocenters. The first kappa shape index (κ1) is 18.8. The Morgan fingerprint density at radius 3 is 2.86 bits per heavy atom. The quantitative estimate of drug-likeness (QED) is 0.768. The molecule has 4 rings (SSSR count). The predicted molar refractivity (Wildman–Crippen MR) is 108 cm³/mol. The SMILES string of the molecule is Cc1ccc(NC(=O)COC(=O)[C@@]23CCC(=O)N2c2ccccc2S3)cc1Cl. The van der Waals surface area contributed by atoms with Crippen LogP contribution >= 0.6 is 23.4 Å². The van der Waals surface area contributed by atoms with Gasteiger partial charge in [-0.1, -0.05) is 41.6 Å². The van der Waals surface area contributed by atoms with Crippen LogP contribution in [-0.4, -0.2) is 29.3 Å². The van der Waals surface area contributed by atoms with Gasteiger partial charge in [-0.2, -0.15) is 0 Å². The van der Waals surface area contributed by atoms with Crippen LogP contribution in [0.25, 0.3) is 0 Å². The number of aryl methyl sites for hydroxylation is 1. The maximum Gasteiger partial charge on any atom is 0.344 e. The lowest BCUT2D eigenvalue weighted by Gasteiger charge is -2.28. The number of rotatable bonds is 4. The Kier molecular flexibility index (Phi) is 4.81. The first-order valence-electron chi connectivity index (χ1n) is 8.75. The molecule has 2 aromatic rings. The second-order valence-electron chi connectivity index (χ2n) is 6.67. The van der Waals surface area contributed by atoms with Crippen LogP contribution in [0.2, 0.25) is 5.02 Å². The molecular weight excluding hydrogens is 400 g/mol. The Morgan fingerprint density at radius 2 is 2.07 bits per heavy atom. The van der Waals surface area contributed by atoms with Gasteiger partial charge in [0.1, 0.15) is 0 Å². The number of nitrogens with one attached hydrogen (secondary N) is 1. The van der Waals surface area contributed by atoms with Gasteiger partial charge >= 0.3 is 5.97 Å². The fraction of sp³-hybridized carbons (Fsp3) is 0.250. The predicted octanol–water partition coefficient (Wildman–Crippen LogP) is 3.76. The number of halogens is 1. The molecule has 8 heteroatoms. The molecule has 1 fully saturated rings. The molecule has 0 radical (unpaired) electrons. The van der Waals surface area contributed by atoms with E-state index in [2.05, 4.69) is 5.32 Å². The van der Waals surface area contributed by atoms with E-state index in [9.17, 15) is 14.4 Å². The summed E-state index contributed by atoms with van der Waals surface area (Å²) in [6, 6.07) is 12.5. The zero-order valence-electron chi connectivity index (χ0n) is 15.0. The lowest BCUT2D eigenvalue weighted by atomic mass is 10.2. The molecule has 1 N–H and O–H groups in total. The summed E-state index contributed by atoms with van der Waals surface area (Å²) in [5, 5.41) is 3.19. The molecule has 0 spiro atoms. The number of carbonyl (C=O) groups excluding carboxylic acids is 3. The van der Waals surface area contributed by atoms with E-state index in [1.165, 1.54) is 16.7 Å². The van der Waals surface area contributed by atoms with Crippen LogP contribution in [0.4, 0.5) is 11.4 Å². The number of nitrogens with zero attached hydrogens (tertiary/aromatic N) is 1. The highest BCUT2D eigenvalue weighted by atomic mass is 35.5. The van der Waals surface area contributed by atoms with Gasteiger partial charge in [0.2, 0.25) is 5.91 Å². The van der Waals surface area contributed by atoms with Gasteiger partial charge in [0.25, 0.3) is 5.91 Å². The third-order valence-electron chi connectivity index (χ3n) is 4.78. The molecule has 2 aliphatic heterocycles. The van der Waals surface area contributed by atoms with E-state index >= 15 is 0 Å². The van der Waals surface area contributed by atoms with Crippen LogP contribution in [0.3, 0.4) is 0 Å². The fourth-order valence-corrected chi connectivity index (χ4v) is 4.98. The minimum absolute atomic E-state index is 0.117. The highest BCUT2D eigenvalue weighted by Crippen LogP contribution is 2.56. The minimum atomic E-state index is -1.13. The summed E-state index contributed by atoms with van der Waals surface area (Å²) >= 11 is 7.36. The van der Waals surface area contributed by atoms with Gasteiger partial charge in [-0.15, -0.1) is 0 Å². The van der Waals surface area contributed by atoms with Crippen LogP contribution < -0.4 is 10.2 Å². The topological polar surface area (TPSA) is 75.7 Å². The van der Waals surface area contributed by atoms with Crippen molar-refractivity contribution in [1.82, 2.24) is 0 Å². The molecule has 0 saturated carbocycles. The molecule has 2 amide bonds. The molecule has 6 nitrogen and oxygen atoms in total. The number of esters is 1. The van der Waals surface area contributed by atoms with E-state index < -0.39 is 23.4 Å². The van der Waals surface area contributed by atoms with E-state index in [1.54, 1.807) is 18.2 Å². The standard InChI is InChI=1S/C20H17ClN2O4S/c1-12-6-7-13(10-14(12)21)22-17(24)11-27-19(26)20-9-8-18(25)23(20)15-4-2-3-5-16(15)28-20/h2-7,10H,8-9,11H2,1H3,(H,22,24)/t20-/m0/s1. The normalized spacial score (nSPS) is 19.9. The first-order chi connectivity index (χ1) is 13.4. The van der Waals surface area contributed by atoms with Crippen molar-refractivity contribution in [1.29, 1.82) is 0 Å². The summed E-state index contributed by atoms with van der Waals surface area (Å²) < 4.78 is 5.30. The number of thioether (sulfide) groups is 1. The number of hydrogen-bond acceptors (Lipinski definition) is 5. The van der Waals surface area contributed by atoms with Gasteiger partial charge < -0.3 is 10.1 Å². The van der Waals surface area contributed by atoms with E-state index in [0.29, 0.717) is 22.8 Å². The summed E-state index contributed by atoms with van der Waals surface area (Å²) in [4.78, 5) is 38.7. The lowest BCUT2D eigenvalue weighted by molar-refractivity contribution is -0.149. The van der Waals surface area contributed by atoms with Crippen LogP contribution in [0.15, 0.2) is 47.4 Å². The molecule has 0 aliphatic carbocycles. The number of para-hydroxylation sites is 1. The number of ether oxygens (including phenoxy) is 1. The Hall–Kier alpha value is -2.51. The molecule has 2 heterocycles. The summed E-state index contributed by atoms with van der Waals surface area (Å²) in [6.07, 6.45) is 0.615. The van der Waals surface area contributed by atoms with Gasteiger partial charge in [0.05, 0.1) is 5.69 Å². The van der Waals surface area contributed by atoms with Crippen LogP contribution in [0.5, 0.6) is 0 Å². The Labute approximate surface area is 171 Å². The van der Waals surface area contributed by atoms with Crippen molar-refractivity contribution in [3.63, 3.8) is 0 Å². The smallest absolute Gasteiger partial charge is 0.344 e. The van der Waals surface area contributed by atoms with Crippen molar-refractivity contribution < 1.29 is 19.1 Å². The molecule has 28 heavy (non-hydrogen) atoms. The molecule has 0 bridgehead atoms. The number of anilines is 2. The van der Waals surface area contributed by atoms with Crippen molar-refractivity contribution >= 4 is 52.5 Å². The highest BCUT2D eigenvalue weighted by molar-refractivity contribution is 8.02. The number of benzene rings is 2. The molecule has 0 unspecified atom stereocenters. The lowest BCUT2D eigenvalue weighted by Crippen LogP contribution is -2.48. The number of fused-ring (bicyclic) bond motifs is 3. The van der Waals surface area contributed by atoms with E-state index in [4.69, 9.17) is 16.3 Å². The molecule has 2 aliphatic rings. The largest absolute Gasteiger partial charge is 0.453 e. The van der Waals surface area contributed by atoms with Gasteiger partial charge in [0.15, 0.2) is 11.5 Å². The molecule has 0 aromatic heterocycles. The Morgan fingerprint density at radius 1 is 1.29 bits per heavy atom. The van der Waals surface area contributed by atoms with Gasteiger partial charge in [0, 0.05) is 28.4 Å². The first-order valence-corrected chi connectivity index (χ1v) is 9.94. The average Bonchev–Trinajstić information content (AvgIpc) is 3.18. The van der Waals surface area contributed by atoms with Crippen molar-refractivity contribution in [3.05, 3.63) is 53.1 Å². The highest BCUT2D eigenvalue weighted by Gasteiger charge is 2.58. The summed E-state index contributed by atoms with van der Waals surface area (Å²) in [6.45, 7) is 1.42. The van der Waals surface area contributed by atoms with Gasteiger partial charge in [-0.25, -0.2) is 4.79 Å². The third kappa shape index (κ3) is 3.14. The van der Waals surface area contributed by atoms with E-state index in [1.807, 2.05) is 31.2 Å². The van der Waals surface area contributed by atoms with Crippen LogP contribution in [0.1, 0.15) is 18.4 Å². The Balaban J connectivity index is 1.44. The van der Waals surface area contributed by atoms with Gasteiger partial charge in [-0.05, 0) is 36.8 Å². The maximum absolute atomic E-state index is 12.9. The molecule has 1 saturated heterocycles. The summed E-state index contributed by atoms with van der Waals surface area (Å²) in [5.41, 5.74) is 2.13. The monoisotopic (exact) mass is 416 g/mol. The van der Waals surface area contributed by atoms with Crippen LogP contribution in [-0.2, 0) is 19.1 Å². The molecular formula is C20H17ClN2O4S. The Bertz CT molecular complexity index is 996. The van der Waals surface area contributed by atoms with Crippen molar-refractivity contribution in [3.8, 4) is 0 Å². The zero-order valence-corrected chi connectivity index (χ0v) is 16.6.